The first kappa shape index (κ1) is 23.2. The molecule has 0 radical (unpaired) electrons. The van der Waals surface area contributed by atoms with Crippen molar-refractivity contribution >= 4 is 0 Å². The Kier molecular flexibility index (Phi) is 6.69. The summed E-state index contributed by atoms with van der Waals surface area (Å²) in [5, 5.41) is 4.12. The summed E-state index contributed by atoms with van der Waals surface area (Å²) < 4.78 is 0. The lowest BCUT2D eigenvalue weighted by atomic mass is 9.69. The summed E-state index contributed by atoms with van der Waals surface area (Å²) in [6.07, 6.45) is 6.67. The van der Waals surface area contributed by atoms with Crippen molar-refractivity contribution in [2.75, 3.05) is 0 Å². The number of hydrogen-bond acceptors (Lipinski definition) is 2. The molecule has 0 heterocycles. The van der Waals surface area contributed by atoms with Crippen LogP contribution in [-0.2, 0) is 5.54 Å². The summed E-state index contributed by atoms with van der Waals surface area (Å²) >= 11 is 0. The Hall–Kier alpha value is -2.94. The van der Waals surface area contributed by atoms with Crippen molar-refractivity contribution in [3.63, 3.8) is 0 Å². The fraction of sp³-hybridized carbons (Fsp3) is 0.290. The van der Waals surface area contributed by atoms with Gasteiger partial charge in [-0.1, -0.05) is 137 Å². The van der Waals surface area contributed by atoms with E-state index >= 15 is 0 Å². The van der Waals surface area contributed by atoms with Crippen molar-refractivity contribution in [2.24, 2.45) is 23.5 Å². The molecule has 3 N–H and O–H groups in total. The molecule has 0 bridgehead atoms. The van der Waals surface area contributed by atoms with Crippen LogP contribution in [0.15, 0.2) is 115 Å². The molecule has 170 valence electrons. The third kappa shape index (κ3) is 4.21. The molecular formula is C31H36N2. The summed E-state index contributed by atoms with van der Waals surface area (Å²) in [7, 11) is 0. The molecule has 0 saturated carbocycles. The minimum absolute atomic E-state index is 0.149. The maximum atomic E-state index is 7.52. The van der Waals surface area contributed by atoms with Gasteiger partial charge in [-0.15, -0.1) is 0 Å². The summed E-state index contributed by atoms with van der Waals surface area (Å²) in [5.74, 6) is 0.838. The quantitative estimate of drug-likeness (QED) is 0.321. The van der Waals surface area contributed by atoms with Crippen LogP contribution in [0.4, 0.5) is 0 Å². The molecule has 1 aliphatic rings. The maximum Gasteiger partial charge on any atom is 0.0968 e. The average Bonchev–Trinajstić information content (AvgIpc) is 2.84. The molecule has 2 nitrogen and oxygen atoms in total. The summed E-state index contributed by atoms with van der Waals surface area (Å²) in [5.41, 5.74) is 10.9. The summed E-state index contributed by atoms with van der Waals surface area (Å²) in [6, 6.07) is 32.1. The molecule has 0 spiro atoms. The van der Waals surface area contributed by atoms with Crippen LogP contribution in [0.2, 0.25) is 0 Å². The van der Waals surface area contributed by atoms with Gasteiger partial charge in [0.2, 0.25) is 0 Å². The van der Waals surface area contributed by atoms with Gasteiger partial charge in [-0.25, -0.2) is 0 Å². The number of benzene rings is 3. The first-order valence-corrected chi connectivity index (χ1v) is 12.0. The molecule has 33 heavy (non-hydrogen) atoms. The lowest BCUT2D eigenvalue weighted by molar-refractivity contribution is 0.190. The molecule has 2 unspecified atom stereocenters. The number of rotatable bonds is 7. The lowest BCUT2D eigenvalue weighted by Gasteiger charge is -2.51. The van der Waals surface area contributed by atoms with E-state index in [4.69, 9.17) is 5.73 Å². The Labute approximate surface area is 199 Å². The largest absolute Gasteiger partial charge is 0.309 e. The minimum Gasteiger partial charge on any atom is -0.309 e. The van der Waals surface area contributed by atoms with Crippen LogP contribution in [0.3, 0.4) is 0 Å². The highest BCUT2D eigenvalue weighted by atomic mass is 15.2. The Morgan fingerprint density at radius 3 is 1.52 bits per heavy atom. The van der Waals surface area contributed by atoms with E-state index in [0.29, 0.717) is 11.8 Å². The van der Waals surface area contributed by atoms with Gasteiger partial charge in [-0.05, 0) is 34.1 Å². The zero-order valence-corrected chi connectivity index (χ0v) is 20.2. The topological polar surface area (TPSA) is 38.0 Å². The highest BCUT2D eigenvalue weighted by Gasteiger charge is 2.48. The third-order valence-electron chi connectivity index (χ3n) is 6.95. The molecule has 0 saturated heterocycles. The van der Waals surface area contributed by atoms with Crippen LogP contribution in [0.5, 0.6) is 0 Å². The van der Waals surface area contributed by atoms with E-state index < -0.39 is 11.2 Å². The molecule has 0 aliphatic heterocycles. The smallest absolute Gasteiger partial charge is 0.0968 e. The van der Waals surface area contributed by atoms with E-state index in [0.717, 1.165) is 0 Å². The second-order valence-corrected chi connectivity index (χ2v) is 9.77. The highest BCUT2D eigenvalue weighted by molar-refractivity contribution is 5.51. The van der Waals surface area contributed by atoms with E-state index in [1.165, 1.54) is 22.3 Å². The second-order valence-electron chi connectivity index (χ2n) is 9.77. The van der Waals surface area contributed by atoms with E-state index in [1.807, 2.05) is 0 Å². The predicted molar refractivity (Wildman–Crippen MR) is 140 cm³/mol. The van der Waals surface area contributed by atoms with Crippen molar-refractivity contribution in [3.8, 4) is 0 Å². The van der Waals surface area contributed by atoms with E-state index in [2.05, 4.69) is 142 Å². The second kappa shape index (κ2) is 9.51. The molecule has 0 fully saturated rings. The predicted octanol–water partition coefficient (Wildman–Crippen LogP) is 6.65. The molecule has 0 aromatic heterocycles. The van der Waals surface area contributed by atoms with Crippen molar-refractivity contribution in [1.29, 1.82) is 0 Å². The normalized spacial score (nSPS) is 20.8. The molecular weight excluding hydrogens is 400 g/mol. The lowest BCUT2D eigenvalue weighted by Crippen LogP contribution is -2.68. The third-order valence-corrected chi connectivity index (χ3v) is 6.95. The van der Waals surface area contributed by atoms with Crippen molar-refractivity contribution < 1.29 is 0 Å². The van der Waals surface area contributed by atoms with Crippen LogP contribution in [-0.4, -0.2) is 5.66 Å². The highest BCUT2D eigenvalue weighted by Crippen LogP contribution is 2.43. The van der Waals surface area contributed by atoms with E-state index in [1.54, 1.807) is 0 Å². The number of allylic oxidation sites excluding steroid dienone is 2. The van der Waals surface area contributed by atoms with Crippen LogP contribution in [0, 0.1) is 17.8 Å². The zero-order valence-electron chi connectivity index (χ0n) is 20.2. The van der Waals surface area contributed by atoms with E-state index in [-0.39, 0.29) is 5.92 Å². The molecule has 2 atom stereocenters. The Balaban J connectivity index is 2.03. The van der Waals surface area contributed by atoms with Crippen molar-refractivity contribution in [2.45, 2.75) is 38.9 Å². The van der Waals surface area contributed by atoms with Crippen molar-refractivity contribution in [3.05, 3.63) is 131 Å². The first-order valence-electron chi connectivity index (χ1n) is 12.0. The first-order chi connectivity index (χ1) is 15.9. The maximum absolute atomic E-state index is 7.52. The van der Waals surface area contributed by atoms with Gasteiger partial charge >= 0.3 is 0 Å². The molecule has 0 amide bonds. The van der Waals surface area contributed by atoms with Gasteiger partial charge in [0.05, 0.1) is 11.2 Å². The van der Waals surface area contributed by atoms with Crippen LogP contribution in [0.25, 0.3) is 0 Å². The number of nitrogens with one attached hydrogen (secondary N) is 1. The standard InChI is InChI=1S/C31H36N2/c1-23(2)28-21-14-22-29(24(3)4)31(28,32)33-30(25-15-8-5-9-16-25,26-17-10-6-11-18-26)27-19-12-7-13-20-27/h5-24,28,33H,32H2,1-4H3. The van der Waals surface area contributed by atoms with E-state index in [9.17, 15) is 0 Å². The number of hydrogen-bond donors (Lipinski definition) is 2. The molecule has 3 aromatic carbocycles. The van der Waals surface area contributed by atoms with Gasteiger partial charge in [0.1, 0.15) is 0 Å². The van der Waals surface area contributed by atoms with Gasteiger partial charge in [0, 0.05) is 5.92 Å². The van der Waals surface area contributed by atoms with Gasteiger partial charge < -0.3 is 5.73 Å². The fourth-order valence-corrected chi connectivity index (χ4v) is 5.43. The number of nitrogens with two attached hydrogens (primary N) is 1. The Bertz CT molecular complexity index is 1000. The van der Waals surface area contributed by atoms with Gasteiger partial charge in [0.15, 0.2) is 0 Å². The van der Waals surface area contributed by atoms with Crippen molar-refractivity contribution in [1.82, 2.24) is 5.32 Å². The molecule has 4 rings (SSSR count). The van der Waals surface area contributed by atoms with Crippen LogP contribution in [0.1, 0.15) is 44.4 Å². The minimum atomic E-state index is -0.724. The van der Waals surface area contributed by atoms with Gasteiger partial charge in [-0.2, -0.15) is 0 Å². The summed E-state index contributed by atoms with van der Waals surface area (Å²) in [4.78, 5) is 0. The van der Waals surface area contributed by atoms with Crippen LogP contribution < -0.4 is 11.1 Å². The Morgan fingerprint density at radius 2 is 1.15 bits per heavy atom. The molecule has 1 aliphatic carbocycles. The Morgan fingerprint density at radius 1 is 0.727 bits per heavy atom. The monoisotopic (exact) mass is 436 g/mol. The van der Waals surface area contributed by atoms with Crippen LogP contribution >= 0.6 is 0 Å². The fourth-order valence-electron chi connectivity index (χ4n) is 5.43. The summed E-state index contributed by atoms with van der Waals surface area (Å²) in [6.45, 7) is 9.00. The average molecular weight is 437 g/mol. The SMILES string of the molecule is CC(C)C1=CC=CC(C(C)C)C1(N)NC(c1ccccc1)(c1ccccc1)c1ccccc1. The van der Waals surface area contributed by atoms with Gasteiger partial charge in [0.25, 0.3) is 0 Å². The van der Waals surface area contributed by atoms with Gasteiger partial charge in [-0.3, -0.25) is 5.32 Å². The molecule has 3 aromatic rings. The zero-order chi connectivity index (χ0) is 23.5. The molecule has 2 heteroatoms.